The second-order valence-corrected chi connectivity index (χ2v) is 1.85. The summed E-state index contributed by atoms with van der Waals surface area (Å²) in [6.45, 7) is 0. The third-order valence-corrected chi connectivity index (χ3v) is 1.26. The van der Waals surface area contributed by atoms with Crippen molar-refractivity contribution in [2.75, 3.05) is 5.43 Å². The van der Waals surface area contributed by atoms with E-state index in [4.69, 9.17) is 5.84 Å². The van der Waals surface area contributed by atoms with Crippen molar-refractivity contribution >= 4 is 16.5 Å². The molecule has 0 aliphatic heterocycles. The van der Waals surface area contributed by atoms with E-state index in [0.717, 1.165) is 5.00 Å². The zero-order valence-electron chi connectivity index (χ0n) is 3.59. The van der Waals surface area contributed by atoms with Crippen LogP contribution in [0.4, 0.5) is 5.00 Å². The van der Waals surface area contributed by atoms with Crippen molar-refractivity contribution in [2.45, 2.75) is 0 Å². The van der Waals surface area contributed by atoms with Gasteiger partial charge < -0.3 is 5.43 Å². The van der Waals surface area contributed by atoms with Crippen molar-refractivity contribution in [1.29, 1.82) is 0 Å². The molecule has 0 spiro atoms. The second-order valence-electron chi connectivity index (χ2n) is 1.02. The Labute approximate surface area is 45.3 Å². The van der Waals surface area contributed by atoms with Gasteiger partial charge in [-0.2, -0.15) is 4.37 Å². The fraction of sp³-hybridized carbons (Fsp3) is 0. The molecule has 7 heavy (non-hydrogen) atoms. The molecule has 3 nitrogen and oxygen atoms in total. The van der Waals surface area contributed by atoms with Gasteiger partial charge in [0, 0.05) is 6.20 Å². The summed E-state index contributed by atoms with van der Waals surface area (Å²) in [6.07, 6.45) is 1.69. The zero-order chi connectivity index (χ0) is 5.11. The van der Waals surface area contributed by atoms with Crippen LogP contribution in [0.5, 0.6) is 0 Å². The number of anilines is 1. The molecule has 0 bridgehead atoms. The van der Waals surface area contributed by atoms with Gasteiger partial charge in [0.25, 0.3) is 0 Å². The Balaban J connectivity index is 2.76. The number of nitrogens with one attached hydrogen (secondary N) is 1. The van der Waals surface area contributed by atoms with E-state index >= 15 is 0 Å². The number of hydrazine groups is 1. The van der Waals surface area contributed by atoms with E-state index in [0.29, 0.717) is 0 Å². The minimum atomic E-state index is 0.889. The summed E-state index contributed by atoms with van der Waals surface area (Å²) in [7, 11) is 0. The van der Waals surface area contributed by atoms with Gasteiger partial charge in [0.05, 0.1) is 0 Å². The van der Waals surface area contributed by atoms with Crippen molar-refractivity contribution < 1.29 is 0 Å². The van der Waals surface area contributed by atoms with E-state index in [-0.39, 0.29) is 0 Å². The number of nitrogens with two attached hydrogens (primary N) is 1. The van der Waals surface area contributed by atoms with E-state index in [9.17, 15) is 0 Å². The number of aromatic nitrogens is 1. The molecule has 4 heteroatoms. The standard InChI is InChI=1S/C3H5N3S/c4-6-3-1-2-5-7-3/h1-2,6H,4H2. The summed E-state index contributed by atoms with van der Waals surface area (Å²) >= 11 is 1.34. The Kier molecular flexibility index (Phi) is 1.24. The number of nitrogen functional groups attached to an aromatic ring is 1. The molecule has 1 rings (SSSR count). The lowest BCUT2D eigenvalue weighted by Gasteiger charge is -1.84. The van der Waals surface area contributed by atoms with Crippen LogP contribution in [0.25, 0.3) is 0 Å². The fourth-order valence-electron chi connectivity index (χ4n) is 0.290. The molecule has 0 aliphatic rings. The van der Waals surface area contributed by atoms with Crippen LogP contribution in [0.15, 0.2) is 12.3 Å². The smallest absolute Gasteiger partial charge is 0.123 e. The molecule has 0 saturated carbocycles. The first-order valence-corrected chi connectivity index (χ1v) is 2.58. The maximum atomic E-state index is 5.01. The van der Waals surface area contributed by atoms with Gasteiger partial charge in [0.2, 0.25) is 0 Å². The molecule has 3 N–H and O–H groups in total. The highest BCUT2D eigenvalue weighted by Gasteiger charge is 1.83. The van der Waals surface area contributed by atoms with Gasteiger partial charge in [-0.15, -0.1) is 0 Å². The van der Waals surface area contributed by atoms with Gasteiger partial charge in [-0.25, -0.2) is 5.84 Å². The van der Waals surface area contributed by atoms with Crippen molar-refractivity contribution in [2.24, 2.45) is 5.84 Å². The van der Waals surface area contributed by atoms with Crippen molar-refractivity contribution in [1.82, 2.24) is 4.37 Å². The second kappa shape index (κ2) is 1.90. The largest absolute Gasteiger partial charge is 0.314 e. The monoisotopic (exact) mass is 115 g/mol. The number of hydrogen-bond acceptors (Lipinski definition) is 4. The molecule has 0 aromatic carbocycles. The fourth-order valence-corrected chi connectivity index (χ4v) is 0.700. The van der Waals surface area contributed by atoms with Crippen LogP contribution in [-0.4, -0.2) is 4.37 Å². The van der Waals surface area contributed by atoms with E-state index in [1.807, 2.05) is 6.07 Å². The molecule has 1 aromatic rings. The van der Waals surface area contributed by atoms with E-state index in [1.165, 1.54) is 11.5 Å². The molecule has 38 valence electrons. The summed E-state index contributed by atoms with van der Waals surface area (Å²) in [5, 5.41) is 0.889. The molecule has 0 unspecified atom stereocenters. The van der Waals surface area contributed by atoms with Crippen LogP contribution in [0.1, 0.15) is 0 Å². The van der Waals surface area contributed by atoms with Crippen LogP contribution in [0, 0.1) is 0 Å². The van der Waals surface area contributed by atoms with Crippen LogP contribution >= 0.6 is 11.5 Å². The lowest BCUT2D eigenvalue weighted by Crippen LogP contribution is -2.03. The van der Waals surface area contributed by atoms with Crippen LogP contribution in [0.2, 0.25) is 0 Å². The van der Waals surface area contributed by atoms with Crippen LogP contribution < -0.4 is 11.3 Å². The topological polar surface area (TPSA) is 50.9 Å². The van der Waals surface area contributed by atoms with Gasteiger partial charge in [0.15, 0.2) is 0 Å². The Bertz CT molecular complexity index is 125. The molecule has 0 fully saturated rings. The number of nitrogens with zero attached hydrogens (tertiary/aromatic N) is 1. The lowest BCUT2D eigenvalue weighted by atomic mass is 10.7. The van der Waals surface area contributed by atoms with Gasteiger partial charge in [-0.1, -0.05) is 0 Å². The van der Waals surface area contributed by atoms with Crippen molar-refractivity contribution in [3.05, 3.63) is 12.3 Å². The van der Waals surface area contributed by atoms with Gasteiger partial charge in [0.1, 0.15) is 5.00 Å². The summed E-state index contributed by atoms with van der Waals surface area (Å²) in [4.78, 5) is 0. The minimum Gasteiger partial charge on any atom is -0.314 e. The average Bonchev–Trinajstić information content (AvgIpc) is 2.14. The van der Waals surface area contributed by atoms with Crippen molar-refractivity contribution in [3.63, 3.8) is 0 Å². The maximum Gasteiger partial charge on any atom is 0.123 e. The van der Waals surface area contributed by atoms with E-state index in [1.54, 1.807) is 6.20 Å². The highest BCUT2D eigenvalue weighted by Crippen LogP contribution is 2.07. The third-order valence-electron chi connectivity index (χ3n) is 0.580. The van der Waals surface area contributed by atoms with Gasteiger partial charge in [-0.05, 0) is 17.6 Å². The molecule has 0 amide bonds. The minimum absolute atomic E-state index is 0.889. The molecular weight excluding hydrogens is 110 g/mol. The van der Waals surface area contributed by atoms with Crippen LogP contribution in [-0.2, 0) is 0 Å². The summed E-state index contributed by atoms with van der Waals surface area (Å²) in [5.74, 6) is 5.01. The average molecular weight is 115 g/mol. The molecule has 1 heterocycles. The molecule has 0 aliphatic carbocycles. The number of hydrogen-bond donors (Lipinski definition) is 2. The first-order valence-electron chi connectivity index (χ1n) is 1.81. The molecule has 0 radical (unpaired) electrons. The van der Waals surface area contributed by atoms with Gasteiger partial charge >= 0.3 is 0 Å². The highest BCUT2D eigenvalue weighted by molar-refractivity contribution is 7.10. The van der Waals surface area contributed by atoms with E-state index < -0.39 is 0 Å². The Morgan fingerprint density at radius 2 is 2.71 bits per heavy atom. The molecule has 0 atom stereocenters. The zero-order valence-corrected chi connectivity index (χ0v) is 4.40. The van der Waals surface area contributed by atoms with Gasteiger partial charge in [-0.3, -0.25) is 0 Å². The Hall–Kier alpha value is -0.610. The predicted octanol–water partition coefficient (Wildman–Crippen LogP) is 0.429. The highest BCUT2D eigenvalue weighted by atomic mass is 32.1. The molecule has 0 saturated heterocycles. The Morgan fingerprint density at radius 1 is 1.86 bits per heavy atom. The predicted molar refractivity (Wildman–Crippen MR) is 29.9 cm³/mol. The quantitative estimate of drug-likeness (QED) is 0.412. The number of rotatable bonds is 1. The maximum absolute atomic E-state index is 5.01. The van der Waals surface area contributed by atoms with E-state index in [2.05, 4.69) is 9.80 Å². The SMILES string of the molecule is NNc1ccns1. The Morgan fingerprint density at radius 3 is 3.00 bits per heavy atom. The summed E-state index contributed by atoms with van der Waals surface area (Å²) < 4.78 is 3.79. The first kappa shape index (κ1) is 4.55. The lowest BCUT2D eigenvalue weighted by molar-refractivity contribution is 1.39. The summed E-state index contributed by atoms with van der Waals surface area (Å²) in [5.41, 5.74) is 2.46. The summed E-state index contributed by atoms with van der Waals surface area (Å²) in [6, 6.07) is 1.81. The normalized spacial score (nSPS) is 8.71. The molecular formula is C3H5N3S. The third kappa shape index (κ3) is 0.880. The first-order chi connectivity index (χ1) is 3.43. The van der Waals surface area contributed by atoms with Crippen molar-refractivity contribution in [3.8, 4) is 0 Å². The molecule has 1 aromatic heterocycles. The van der Waals surface area contributed by atoms with Crippen LogP contribution in [0.3, 0.4) is 0 Å².